The molecule has 0 aromatic heterocycles. The largest absolute Gasteiger partial charge is 0.374 e. The molecule has 1 aliphatic carbocycles. The van der Waals surface area contributed by atoms with Crippen molar-refractivity contribution in [3.05, 3.63) is 0 Å². The van der Waals surface area contributed by atoms with E-state index in [1.54, 1.807) is 0 Å². The molecule has 0 aromatic rings. The van der Waals surface area contributed by atoms with Gasteiger partial charge in [-0.1, -0.05) is 0 Å². The van der Waals surface area contributed by atoms with Crippen LogP contribution in [0.1, 0.15) is 26.7 Å². The fourth-order valence-electron chi connectivity index (χ4n) is 2.50. The first-order chi connectivity index (χ1) is 8.61. The zero-order valence-corrected chi connectivity index (χ0v) is 11.5. The number of nitrogens with two attached hydrogens (primary N) is 1. The third-order valence-electron chi connectivity index (χ3n) is 3.77. The summed E-state index contributed by atoms with van der Waals surface area (Å²) in [5.41, 5.74) is 5.86. The maximum absolute atomic E-state index is 12.2. The standard InChI is InChI=1S/C13H25N3O2/c1-3-16(11-4-5-11)13(17)9-15-6-7-18-12(8-15)10(2)14/h10-12H,3-9,14H2,1-2H3. The van der Waals surface area contributed by atoms with E-state index in [-0.39, 0.29) is 18.1 Å². The van der Waals surface area contributed by atoms with Crippen LogP contribution in [0.25, 0.3) is 0 Å². The lowest BCUT2D eigenvalue weighted by Crippen LogP contribution is -2.52. The van der Waals surface area contributed by atoms with Crippen molar-refractivity contribution in [1.82, 2.24) is 9.80 Å². The maximum atomic E-state index is 12.2. The zero-order valence-electron chi connectivity index (χ0n) is 11.5. The fourth-order valence-corrected chi connectivity index (χ4v) is 2.50. The number of carbonyl (C=O) groups excluding carboxylic acids is 1. The van der Waals surface area contributed by atoms with Crippen LogP contribution in [0, 0.1) is 0 Å². The van der Waals surface area contributed by atoms with Crippen molar-refractivity contribution in [2.45, 2.75) is 44.9 Å². The Labute approximate surface area is 109 Å². The molecule has 0 radical (unpaired) electrons. The Hall–Kier alpha value is -0.650. The number of amides is 1. The van der Waals surface area contributed by atoms with Crippen molar-refractivity contribution < 1.29 is 9.53 Å². The molecule has 2 fully saturated rings. The SMILES string of the molecule is CCN(C(=O)CN1CCOC(C(C)N)C1)C1CC1. The number of likely N-dealkylation sites (N-methyl/N-ethyl adjacent to an activating group) is 1. The van der Waals surface area contributed by atoms with Gasteiger partial charge in [0, 0.05) is 31.7 Å². The lowest BCUT2D eigenvalue weighted by molar-refractivity contribution is -0.135. The molecule has 5 heteroatoms. The molecule has 0 bridgehead atoms. The highest BCUT2D eigenvalue weighted by Crippen LogP contribution is 2.26. The van der Waals surface area contributed by atoms with E-state index >= 15 is 0 Å². The summed E-state index contributed by atoms with van der Waals surface area (Å²) in [7, 11) is 0. The second kappa shape index (κ2) is 5.99. The summed E-state index contributed by atoms with van der Waals surface area (Å²) in [5, 5.41) is 0. The smallest absolute Gasteiger partial charge is 0.236 e. The molecule has 2 atom stereocenters. The van der Waals surface area contributed by atoms with Gasteiger partial charge >= 0.3 is 0 Å². The van der Waals surface area contributed by atoms with Gasteiger partial charge in [-0.15, -0.1) is 0 Å². The molecule has 1 saturated carbocycles. The number of morpholine rings is 1. The Bertz CT molecular complexity index is 292. The van der Waals surface area contributed by atoms with E-state index in [0.717, 1.165) is 19.6 Å². The van der Waals surface area contributed by atoms with Gasteiger partial charge in [-0.2, -0.15) is 0 Å². The van der Waals surface area contributed by atoms with Gasteiger partial charge in [-0.3, -0.25) is 9.69 Å². The van der Waals surface area contributed by atoms with Crippen LogP contribution in [0.3, 0.4) is 0 Å². The third kappa shape index (κ3) is 3.43. The van der Waals surface area contributed by atoms with Crippen LogP contribution in [0.2, 0.25) is 0 Å². The van der Waals surface area contributed by atoms with E-state index in [2.05, 4.69) is 11.8 Å². The van der Waals surface area contributed by atoms with Crippen molar-refractivity contribution in [1.29, 1.82) is 0 Å². The van der Waals surface area contributed by atoms with Crippen LogP contribution in [0.4, 0.5) is 0 Å². The van der Waals surface area contributed by atoms with Crippen molar-refractivity contribution in [3.63, 3.8) is 0 Å². The highest BCUT2D eigenvalue weighted by molar-refractivity contribution is 5.78. The van der Waals surface area contributed by atoms with Crippen LogP contribution in [0.5, 0.6) is 0 Å². The van der Waals surface area contributed by atoms with E-state index in [4.69, 9.17) is 10.5 Å². The predicted octanol–water partition coefficient (Wildman–Crippen LogP) is 0.0453. The second-order valence-electron chi connectivity index (χ2n) is 5.41. The number of hydrogen-bond donors (Lipinski definition) is 1. The summed E-state index contributed by atoms with van der Waals surface area (Å²) in [6.45, 7) is 7.62. The Kier molecular flexibility index (Phi) is 4.59. The van der Waals surface area contributed by atoms with Gasteiger partial charge in [-0.05, 0) is 26.7 Å². The van der Waals surface area contributed by atoms with Gasteiger partial charge in [0.1, 0.15) is 0 Å². The fraction of sp³-hybridized carbons (Fsp3) is 0.923. The first-order valence-corrected chi connectivity index (χ1v) is 7.00. The lowest BCUT2D eigenvalue weighted by Gasteiger charge is -2.35. The topological polar surface area (TPSA) is 58.8 Å². The average molecular weight is 255 g/mol. The quantitative estimate of drug-likeness (QED) is 0.754. The maximum Gasteiger partial charge on any atom is 0.236 e. The lowest BCUT2D eigenvalue weighted by atomic mass is 10.1. The van der Waals surface area contributed by atoms with E-state index in [9.17, 15) is 4.79 Å². The molecule has 1 amide bonds. The van der Waals surface area contributed by atoms with Gasteiger partial charge in [0.25, 0.3) is 0 Å². The molecule has 2 rings (SSSR count). The van der Waals surface area contributed by atoms with Gasteiger partial charge < -0.3 is 15.4 Å². The molecule has 2 N–H and O–H groups in total. The second-order valence-corrected chi connectivity index (χ2v) is 5.41. The number of rotatable bonds is 5. The Morgan fingerprint density at radius 2 is 2.28 bits per heavy atom. The van der Waals surface area contributed by atoms with Crippen LogP contribution in [0.15, 0.2) is 0 Å². The first kappa shape index (κ1) is 13.8. The molecule has 0 aromatic carbocycles. The van der Waals surface area contributed by atoms with E-state index in [1.165, 1.54) is 12.8 Å². The molecule has 2 aliphatic rings. The zero-order chi connectivity index (χ0) is 13.1. The molecular weight excluding hydrogens is 230 g/mol. The molecule has 1 saturated heterocycles. The molecule has 1 heterocycles. The summed E-state index contributed by atoms with van der Waals surface area (Å²) in [6, 6.07) is 0.529. The molecule has 2 unspecified atom stereocenters. The molecule has 5 nitrogen and oxygen atoms in total. The van der Waals surface area contributed by atoms with Gasteiger partial charge in [0.2, 0.25) is 5.91 Å². The minimum Gasteiger partial charge on any atom is -0.374 e. The summed E-state index contributed by atoms with van der Waals surface area (Å²) < 4.78 is 5.61. The van der Waals surface area contributed by atoms with Crippen molar-refractivity contribution in [2.24, 2.45) is 5.73 Å². The number of carbonyl (C=O) groups is 1. The normalized spacial score (nSPS) is 26.9. The predicted molar refractivity (Wildman–Crippen MR) is 70.2 cm³/mol. The van der Waals surface area contributed by atoms with Crippen LogP contribution in [-0.2, 0) is 9.53 Å². The number of nitrogens with zero attached hydrogens (tertiary/aromatic N) is 2. The minimum absolute atomic E-state index is 0.0219. The highest BCUT2D eigenvalue weighted by Gasteiger charge is 2.33. The summed E-state index contributed by atoms with van der Waals surface area (Å²) in [5.74, 6) is 0.255. The van der Waals surface area contributed by atoms with Crippen molar-refractivity contribution in [3.8, 4) is 0 Å². The molecule has 1 aliphatic heterocycles. The molecule has 104 valence electrons. The van der Waals surface area contributed by atoms with Crippen molar-refractivity contribution >= 4 is 5.91 Å². The first-order valence-electron chi connectivity index (χ1n) is 7.00. The van der Waals surface area contributed by atoms with E-state index in [0.29, 0.717) is 19.2 Å². The van der Waals surface area contributed by atoms with Gasteiger partial charge in [-0.25, -0.2) is 0 Å². The molecule has 0 spiro atoms. The molecular formula is C13H25N3O2. The Balaban J connectivity index is 1.82. The van der Waals surface area contributed by atoms with Gasteiger partial charge in [0.05, 0.1) is 19.3 Å². The van der Waals surface area contributed by atoms with Crippen LogP contribution < -0.4 is 5.73 Å². The van der Waals surface area contributed by atoms with Crippen LogP contribution in [-0.4, -0.2) is 66.7 Å². The third-order valence-corrected chi connectivity index (χ3v) is 3.77. The monoisotopic (exact) mass is 255 g/mol. The number of ether oxygens (including phenoxy) is 1. The number of hydrogen-bond acceptors (Lipinski definition) is 4. The van der Waals surface area contributed by atoms with E-state index < -0.39 is 0 Å². The van der Waals surface area contributed by atoms with Crippen LogP contribution >= 0.6 is 0 Å². The molecule has 18 heavy (non-hydrogen) atoms. The van der Waals surface area contributed by atoms with E-state index in [1.807, 2.05) is 11.8 Å². The average Bonchev–Trinajstić information content (AvgIpc) is 3.14. The van der Waals surface area contributed by atoms with Gasteiger partial charge in [0.15, 0.2) is 0 Å². The highest BCUT2D eigenvalue weighted by atomic mass is 16.5. The minimum atomic E-state index is 0.0219. The summed E-state index contributed by atoms with van der Waals surface area (Å²) in [6.07, 6.45) is 2.40. The van der Waals surface area contributed by atoms with Crippen molar-refractivity contribution in [2.75, 3.05) is 32.8 Å². The summed E-state index contributed by atoms with van der Waals surface area (Å²) >= 11 is 0. The summed E-state index contributed by atoms with van der Waals surface area (Å²) in [4.78, 5) is 16.4. The Morgan fingerprint density at radius 3 is 2.83 bits per heavy atom. The Morgan fingerprint density at radius 1 is 1.56 bits per heavy atom.